The monoisotopic (exact) mass is 714 g/mol. The predicted molar refractivity (Wildman–Crippen MR) is 192 cm³/mol. The van der Waals surface area contributed by atoms with Crippen LogP contribution in [0.5, 0.6) is 5.75 Å². The van der Waals surface area contributed by atoms with Gasteiger partial charge in [0, 0.05) is 11.8 Å². The number of benzene rings is 2. The van der Waals surface area contributed by atoms with Crippen LogP contribution in [0.3, 0.4) is 0 Å². The molecule has 1 aliphatic heterocycles. The maximum atomic E-state index is 14.4. The summed E-state index contributed by atoms with van der Waals surface area (Å²) in [6.07, 6.45) is 7.37. The molecule has 280 valence electrons. The fourth-order valence-electron chi connectivity index (χ4n) is 11.9. The molecular weight excluding hydrogens is 660 g/mol. The first-order valence-electron chi connectivity index (χ1n) is 19.7. The maximum Gasteiger partial charge on any atom is 0.344 e. The summed E-state index contributed by atoms with van der Waals surface area (Å²) < 4.78 is 23.8. The molecule has 6 aliphatic carbocycles. The number of carbonyl (C=O) groups is 4. The molecule has 8 unspecified atom stereocenters. The second-order valence-corrected chi connectivity index (χ2v) is 18.4. The quantitative estimate of drug-likeness (QED) is 0.174. The van der Waals surface area contributed by atoms with Gasteiger partial charge in [0.1, 0.15) is 23.6 Å². The van der Waals surface area contributed by atoms with E-state index in [1.807, 2.05) is 39.0 Å². The van der Waals surface area contributed by atoms with Crippen LogP contribution in [0.4, 0.5) is 0 Å². The van der Waals surface area contributed by atoms with E-state index in [0.717, 1.165) is 60.3 Å². The number of hydrogen-bond acceptors (Lipinski definition) is 9. The number of phenols is 1. The molecule has 1 saturated heterocycles. The molecule has 0 amide bonds. The van der Waals surface area contributed by atoms with Crippen LogP contribution in [0.25, 0.3) is 10.8 Å². The molecule has 9 heteroatoms. The van der Waals surface area contributed by atoms with Crippen LogP contribution in [-0.4, -0.2) is 53.4 Å². The Hall–Kier alpha value is -3.62. The minimum atomic E-state index is -1.15. The van der Waals surface area contributed by atoms with Gasteiger partial charge in [0.25, 0.3) is 0 Å². The van der Waals surface area contributed by atoms with E-state index >= 15 is 0 Å². The number of fused-ring (bicyclic) bond motifs is 2. The molecule has 9 nitrogen and oxygen atoms in total. The highest BCUT2D eigenvalue weighted by Crippen LogP contribution is 2.60. The first-order valence-corrected chi connectivity index (χ1v) is 19.7. The van der Waals surface area contributed by atoms with Crippen molar-refractivity contribution in [1.82, 2.24) is 0 Å². The highest BCUT2D eigenvalue weighted by molar-refractivity contribution is 5.85. The van der Waals surface area contributed by atoms with E-state index in [2.05, 4.69) is 19.9 Å². The van der Waals surface area contributed by atoms with Gasteiger partial charge in [-0.15, -0.1) is 0 Å². The average Bonchev–Trinajstić information content (AvgIpc) is 3.74. The van der Waals surface area contributed by atoms with Crippen LogP contribution in [-0.2, 0) is 38.1 Å². The number of hydrogen-bond donors (Lipinski definition) is 1. The van der Waals surface area contributed by atoms with Gasteiger partial charge < -0.3 is 24.1 Å². The molecule has 2 aromatic carbocycles. The Bertz CT molecular complexity index is 1750. The molecule has 7 aliphatic rings. The second kappa shape index (κ2) is 12.8. The van der Waals surface area contributed by atoms with E-state index in [0.29, 0.717) is 31.1 Å². The van der Waals surface area contributed by atoms with Crippen molar-refractivity contribution in [3.8, 4) is 5.75 Å². The summed E-state index contributed by atoms with van der Waals surface area (Å²) in [4.78, 5) is 54.1. The van der Waals surface area contributed by atoms with Crippen molar-refractivity contribution in [3.05, 3.63) is 42.0 Å². The van der Waals surface area contributed by atoms with E-state index in [-0.39, 0.29) is 47.8 Å². The van der Waals surface area contributed by atoms with Crippen molar-refractivity contribution in [3.63, 3.8) is 0 Å². The molecule has 7 fully saturated rings. The molecule has 1 heterocycles. The summed E-state index contributed by atoms with van der Waals surface area (Å²) in [6.45, 7) is 9.38. The lowest BCUT2D eigenvalue weighted by Gasteiger charge is -2.59. The topological polar surface area (TPSA) is 125 Å². The summed E-state index contributed by atoms with van der Waals surface area (Å²) in [7, 11) is 0. The minimum Gasteiger partial charge on any atom is -0.508 e. The van der Waals surface area contributed by atoms with Gasteiger partial charge in [-0.25, -0.2) is 4.79 Å². The minimum absolute atomic E-state index is 0.0794. The maximum absolute atomic E-state index is 14.4. The summed E-state index contributed by atoms with van der Waals surface area (Å²) in [5.74, 6) is 0.721. The van der Waals surface area contributed by atoms with Gasteiger partial charge in [-0.1, -0.05) is 38.1 Å². The van der Waals surface area contributed by atoms with Gasteiger partial charge in [-0.2, -0.15) is 0 Å². The lowest BCUT2D eigenvalue weighted by atomic mass is 9.50. The number of ether oxygens (including phenoxy) is 4. The fraction of sp³-hybridized carbons (Fsp3) is 0.674. The molecule has 0 spiro atoms. The zero-order valence-electron chi connectivity index (χ0n) is 31.2. The molecule has 6 bridgehead atoms. The van der Waals surface area contributed by atoms with Crippen LogP contribution in [0.15, 0.2) is 36.4 Å². The smallest absolute Gasteiger partial charge is 0.344 e. The van der Waals surface area contributed by atoms with E-state index in [1.54, 1.807) is 12.1 Å². The van der Waals surface area contributed by atoms with Crippen LogP contribution in [0, 0.1) is 52.3 Å². The van der Waals surface area contributed by atoms with Gasteiger partial charge >= 0.3 is 23.9 Å². The van der Waals surface area contributed by atoms with Crippen molar-refractivity contribution in [2.24, 2.45) is 52.3 Å². The Morgan fingerprint density at radius 3 is 2.29 bits per heavy atom. The predicted octanol–water partition coefficient (Wildman–Crippen LogP) is 7.65. The van der Waals surface area contributed by atoms with Crippen molar-refractivity contribution in [1.29, 1.82) is 0 Å². The van der Waals surface area contributed by atoms with Gasteiger partial charge in [0.2, 0.25) is 0 Å². The Morgan fingerprint density at radius 1 is 0.923 bits per heavy atom. The molecule has 2 aromatic rings. The molecule has 0 aromatic heterocycles. The van der Waals surface area contributed by atoms with Gasteiger partial charge in [-0.3, -0.25) is 14.4 Å². The number of carbonyl (C=O) groups excluding carboxylic acids is 4. The average molecular weight is 715 g/mol. The molecule has 0 radical (unpaired) electrons. The number of esters is 4. The standard InChI is InChI=1S/C43H54O9/c1-6-41(3,40(48)52-43(5)30-12-24-11-25(14-30)15-31(43)13-24)22-42(4,20-23(2)26-7-8-28-17-32(44)10-9-27(28)16-26)39(47)49-21-35(45)50-36-29-18-33-34(19-29)38(46)51-37(33)36/h7-10,16-17,23-25,29-31,33-34,36-37,44H,6,11-15,18-22H2,1-5H3. The number of phenolic OH excluding ortho intramolecular Hbond substituents is 1. The molecule has 52 heavy (non-hydrogen) atoms. The third-order valence-electron chi connectivity index (χ3n) is 14.8. The molecule has 6 saturated carbocycles. The van der Waals surface area contributed by atoms with E-state index in [4.69, 9.17) is 18.9 Å². The lowest BCUT2D eigenvalue weighted by molar-refractivity contribution is -0.214. The zero-order valence-corrected chi connectivity index (χ0v) is 31.2. The van der Waals surface area contributed by atoms with E-state index in [9.17, 15) is 24.3 Å². The fourth-order valence-corrected chi connectivity index (χ4v) is 11.9. The van der Waals surface area contributed by atoms with Crippen molar-refractivity contribution in [2.45, 2.75) is 123 Å². The van der Waals surface area contributed by atoms with Crippen LogP contribution in [0.2, 0.25) is 0 Å². The summed E-state index contributed by atoms with van der Waals surface area (Å²) in [5.41, 5.74) is -1.61. The second-order valence-electron chi connectivity index (χ2n) is 18.4. The van der Waals surface area contributed by atoms with Gasteiger partial charge in [-0.05, 0) is 143 Å². The summed E-state index contributed by atoms with van der Waals surface area (Å²) in [6, 6.07) is 11.3. The number of rotatable bonds is 12. The SMILES string of the molecule is CCC(C)(CC(C)(CC(C)c1ccc2cc(O)ccc2c1)C(=O)OCC(=O)OC1C2CC3C(=O)OC1C3C2)C(=O)OC1(C)C2CC3CC(C2)CC1C3. The summed E-state index contributed by atoms with van der Waals surface area (Å²) in [5, 5.41) is 11.9. The van der Waals surface area contributed by atoms with E-state index < -0.39 is 47.2 Å². The first kappa shape index (κ1) is 35.4. The Morgan fingerprint density at radius 2 is 1.60 bits per heavy atom. The molecule has 8 atom stereocenters. The first-order chi connectivity index (χ1) is 24.7. The van der Waals surface area contributed by atoms with E-state index in [1.165, 1.54) is 6.42 Å². The van der Waals surface area contributed by atoms with Gasteiger partial charge in [0.05, 0.1) is 16.7 Å². The molecule has 9 rings (SSSR count). The zero-order chi connectivity index (χ0) is 36.7. The van der Waals surface area contributed by atoms with Crippen LogP contribution < -0.4 is 0 Å². The third-order valence-corrected chi connectivity index (χ3v) is 14.8. The Balaban J connectivity index is 1.00. The highest BCUT2D eigenvalue weighted by Gasteiger charge is 2.63. The summed E-state index contributed by atoms with van der Waals surface area (Å²) >= 11 is 0. The third kappa shape index (κ3) is 5.98. The van der Waals surface area contributed by atoms with Crippen LogP contribution in [0.1, 0.15) is 110 Å². The van der Waals surface area contributed by atoms with Gasteiger partial charge in [0.15, 0.2) is 6.61 Å². The Labute approximate surface area is 306 Å². The molecular formula is C43H54O9. The lowest BCUT2D eigenvalue weighted by Crippen LogP contribution is -2.59. The number of aromatic hydroxyl groups is 1. The highest BCUT2D eigenvalue weighted by atomic mass is 16.6. The molecule has 1 N–H and O–H groups in total. The van der Waals surface area contributed by atoms with Crippen molar-refractivity contribution >= 4 is 34.6 Å². The van der Waals surface area contributed by atoms with Crippen molar-refractivity contribution in [2.75, 3.05) is 6.61 Å². The largest absolute Gasteiger partial charge is 0.508 e. The normalized spacial score (nSPS) is 36.6. The Kier molecular flexibility index (Phi) is 8.69. The van der Waals surface area contributed by atoms with Crippen molar-refractivity contribution < 1.29 is 43.2 Å². The van der Waals surface area contributed by atoms with Crippen LogP contribution >= 0.6 is 0 Å².